The third-order valence-electron chi connectivity index (χ3n) is 3.33. The fourth-order valence-corrected chi connectivity index (χ4v) is 2.94. The molecule has 0 aromatic carbocycles. The third-order valence-corrected chi connectivity index (χ3v) is 3.77. The molecule has 1 saturated heterocycles. The maximum Gasteiger partial charge on any atom is 0.0410 e. The number of aromatic nitrogens is 1. The summed E-state index contributed by atoms with van der Waals surface area (Å²) in [5, 5.41) is 3.55. The van der Waals surface area contributed by atoms with Gasteiger partial charge in [-0.15, -0.1) is 0 Å². The molecule has 1 aromatic rings. The number of nitrogens with one attached hydrogen (secondary N) is 1. The first-order valence-corrected chi connectivity index (χ1v) is 6.17. The van der Waals surface area contributed by atoms with Gasteiger partial charge in [-0.1, -0.05) is 6.08 Å². The van der Waals surface area contributed by atoms with Gasteiger partial charge in [0.05, 0.1) is 0 Å². The monoisotopic (exact) mass is 264 g/mol. The van der Waals surface area contributed by atoms with Crippen LogP contribution < -0.4 is 5.32 Å². The summed E-state index contributed by atoms with van der Waals surface area (Å²) in [6.07, 6.45) is 8.66. The van der Waals surface area contributed by atoms with E-state index < -0.39 is 0 Å². The molecule has 3 rings (SSSR count). The van der Waals surface area contributed by atoms with E-state index >= 15 is 0 Å². The summed E-state index contributed by atoms with van der Waals surface area (Å²) in [4.78, 5) is 4.21. The summed E-state index contributed by atoms with van der Waals surface area (Å²) in [6, 6.07) is 2.83. The molecule has 2 heterocycles. The van der Waals surface area contributed by atoms with Crippen molar-refractivity contribution in [2.45, 2.75) is 18.9 Å². The Morgan fingerprint density at radius 2 is 2.33 bits per heavy atom. The molecule has 0 amide bonds. The van der Waals surface area contributed by atoms with Crippen molar-refractivity contribution in [3.63, 3.8) is 0 Å². The molecule has 2 atom stereocenters. The van der Waals surface area contributed by atoms with Crippen molar-refractivity contribution in [3.8, 4) is 0 Å². The van der Waals surface area contributed by atoms with Crippen molar-refractivity contribution < 1.29 is 0 Å². The first kappa shape index (κ1) is 9.55. The van der Waals surface area contributed by atoms with Crippen molar-refractivity contribution in [1.29, 1.82) is 0 Å². The lowest BCUT2D eigenvalue weighted by Gasteiger charge is -2.08. The molecule has 2 aliphatic rings. The topological polar surface area (TPSA) is 24.9 Å². The van der Waals surface area contributed by atoms with Gasteiger partial charge in [0.15, 0.2) is 0 Å². The van der Waals surface area contributed by atoms with Crippen molar-refractivity contribution in [2.75, 3.05) is 6.54 Å². The van der Waals surface area contributed by atoms with E-state index in [1.54, 1.807) is 0 Å². The summed E-state index contributed by atoms with van der Waals surface area (Å²) in [6.45, 7) is 1.18. The predicted molar refractivity (Wildman–Crippen MR) is 64.4 cm³/mol. The summed E-state index contributed by atoms with van der Waals surface area (Å²) in [5.41, 5.74) is 2.71. The minimum Gasteiger partial charge on any atom is -0.313 e. The van der Waals surface area contributed by atoms with E-state index in [0.29, 0.717) is 6.04 Å². The Balaban J connectivity index is 1.90. The summed E-state index contributed by atoms with van der Waals surface area (Å²) < 4.78 is 1.06. The molecule has 3 heteroatoms. The smallest absolute Gasteiger partial charge is 0.0410 e. The fourth-order valence-electron chi connectivity index (χ4n) is 2.58. The molecule has 1 aliphatic heterocycles. The molecule has 1 aliphatic carbocycles. The second-order valence-electron chi connectivity index (χ2n) is 4.30. The zero-order chi connectivity index (χ0) is 10.3. The minimum atomic E-state index is 0.680. The van der Waals surface area contributed by atoms with Gasteiger partial charge in [0, 0.05) is 22.9 Å². The molecular weight excluding hydrogens is 252 g/mol. The standard InChI is InChI=1S/C12H13BrN2/c13-11-4-10(6-14-7-11)9-3-8-1-2-15-12(8)5-9/h3-4,6-8,12,15H,1-2,5H2/t8-,12+/m0/s1. The fraction of sp³-hybridized carbons (Fsp3) is 0.417. The molecule has 0 unspecified atom stereocenters. The van der Waals surface area contributed by atoms with Crippen LogP contribution in [0.4, 0.5) is 0 Å². The molecule has 0 spiro atoms. The number of hydrogen-bond acceptors (Lipinski definition) is 2. The molecule has 2 nitrogen and oxygen atoms in total. The van der Waals surface area contributed by atoms with E-state index in [1.165, 1.54) is 24.1 Å². The largest absolute Gasteiger partial charge is 0.313 e. The second-order valence-corrected chi connectivity index (χ2v) is 5.22. The number of nitrogens with zero attached hydrogens (tertiary/aromatic N) is 1. The summed E-state index contributed by atoms with van der Waals surface area (Å²) >= 11 is 3.47. The summed E-state index contributed by atoms with van der Waals surface area (Å²) in [7, 11) is 0. The van der Waals surface area contributed by atoms with E-state index in [1.807, 2.05) is 12.4 Å². The van der Waals surface area contributed by atoms with Gasteiger partial charge in [0.1, 0.15) is 0 Å². The van der Waals surface area contributed by atoms with Gasteiger partial charge in [-0.3, -0.25) is 4.98 Å². The van der Waals surface area contributed by atoms with Crippen molar-refractivity contribution in [3.05, 3.63) is 34.6 Å². The lowest BCUT2D eigenvalue weighted by Crippen LogP contribution is -2.22. The van der Waals surface area contributed by atoms with Gasteiger partial charge >= 0.3 is 0 Å². The second kappa shape index (κ2) is 3.72. The molecule has 78 valence electrons. The Bertz CT molecular complexity index is 414. The predicted octanol–water partition coefficient (Wildman–Crippen LogP) is 2.61. The average Bonchev–Trinajstić information content (AvgIpc) is 2.76. The molecule has 0 radical (unpaired) electrons. The maximum absolute atomic E-state index is 4.21. The van der Waals surface area contributed by atoms with Crippen LogP contribution in [0.15, 0.2) is 29.0 Å². The number of pyridine rings is 1. The average molecular weight is 265 g/mol. The molecule has 0 saturated carbocycles. The lowest BCUT2D eigenvalue weighted by molar-refractivity contribution is 0.563. The van der Waals surface area contributed by atoms with Gasteiger partial charge in [-0.2, -0.15) is 0 Å². The zero-order valence-corrected chi connectivity index (χ0v) is 10.00. The van der Waals surface area contributed by atoms with E-state index in [-0.39, 0.29) is 0 Å². The highest BCUT2D eigenvalue weighted by Crippen LogP contribution is 2.36. The van der Waals surface area contributed by atoms with E-state index in [0.717, 1.165) is 16.8 Å². The van der Waals surface area contributed by atoms with Gasteiger partial charge in [-0.25, -0.2) is 0 Å². The Kier molecular flexibility index (Phi) is 2.37. The first-order valence-electron chi connectivity index (χ1n) is 5.38. The van der Waals surface area contributed by atoms with Crippen LogP contribution in [0.5, 0.6) is 0 Å². The van der Waals surface area contributed by atoms with Gasteiger partial charge in [0.25, 0.3) is 0 Å². The number of hydrogen-bond donors (Lipinski definition) is 1. The van der Waals surface area contributed by atoms with Crippen LogP contribution in [0.2, 0.25) is 0 Å². The highest BCUT2D eigenvalue weighted by Gasteiger charge is 2.31. The van der Waals surface area contributed by atoms with Crippen LogP contribution in [0.25, 0.3) is 5.57 Å². The van der Waals surface area contributed by atoms with Crippen LogP contribution >= 0.6 is 15.9 Å². The number of rotatable bonds is 1. The maximum atomic E-state index is 4.21. The van der Waals surface area contributed by atoms with Gasteiger partial charge in [0.2, 0.25) is 0 Å². The molecule has 1 fully saturated rings. The molecular formula is C12H13BrN2. The number of halogens is 1. The first-order chi connectivity index (χ1) is 7.33. The highest BCUT2D eigenvalue weighted by molar-refractivity contribution is 9.10. The van der Waals surface area contributed by atoms with Crippen LogP contribution in [-0.4, -0.2) is 17.6 Å². The Hall–Kier alpha value is -0.670. The van der Waals surface area contributed by atoms with Crippen molar-refractivity contribution in [2.24, 2.45) is 5.92 Å². The molecule has 1 aromatic heterocycles. The Morgan fingerprint density at radius 1 is 1.40 bits per heavy atom. The Labute approximate surface area is 97.9 Å². The SMILES string of the molecule is Brc1cncc(C2=C[C@@H]3CCN[C@@H]3C2)c1. The Morgan fingerprint density at radius 3 is 3.13 bits per heavy atom. The molecule has 1 N–H and O–H groups in total. The quantitative estimate of drug-likeness (QED) is 0.844. The zero-order valence-electron chi connectivity index (χ0n) is 8.41. The van der Waals surface area contributed by atoms with Crippen LogP contribution in [0, 0.1) is 5.92 Å². The minimum absolute atomic E-state index is 0.680. The highest BCUT2D eigenvalue weighted by atomic mass is 79.9. The van der Waals surface area contributed by atoms with Crippen LogP contribution in [0.3, 0.4) is 0 Å². The summed E-state index contributed by atoms with van der Waals surface area (Å²) in [5.74, 6) is 0.749. The van der Waals surface area contributed by atoms with Crippen molar-refractivity contribution in [1.82, 2.24) is 10.3 Å². The normalized spacial score (nSPS) is 29.0. The van der Waals surface area contributed by atoms with E-state index in [9.17, 15) is 0 Å². The van der Waals surface area contributed by atoms with Crippen LogP contribution in [0.1, 0.15) is 18.4 Å². The van der Waals surface area contributed by atoms with Gasteiger partial charge in [-0.05, 0) is 58.4 Å². The number of fused-ring (bicyclic) bond motifs is 1. The van der Waals surface area contributed by atoms with Gasteiger partial charge < -0.3 is 5.32 Å². The van der Waals surface area contributed by atoms with E-state index in [2.05, 4.69) is 38.4 Å². The lowest BCUT2D eigenvalue weighted by atomic mass is 10.1. The van der Waals surface area contributed by atoms with Crippen LogP contribution in [-0.2, 0) is 0 Å². The van der Waals surface area contributed by atoms with E-state index in [4.69, 9.17) is 0 Å². The van der Waals surface area contributed by atoms with Crippen molar-refractivity contribution >= 4 is 21.5 Å². The molecule has 0 bridgehead atoms. The third kappa shape index (κ3) is 1.74. The molecule has 15 heavy (non-hydrogen) atoms.